The van der Waals surface area contributed by atoms with Gasteiger partial charge in [-0.25, -0.2) is 9.98 Å². The molecule has 4 atom stereocenters. The van der Waals surface area contributed by atoms with Gasteiger partial charge in [0.25, 0.3) is 0 Å². The fraction of sp³-hybridized carbons (Fsp3) is 0.533. The fourth-order valence-corrected chi connectivity index (χ4v) is 6.84. The minimum atomic E-state index is 0.128. The van der Waals surface area contributed by atoms with Crippen molar-refractivity contribution in [2.75, 3.05) is 13.2 Å². The number of fused-ring (bicyclic) bond motifs is 1. The minimum Gasteiger partial charge on any atom is -0.478 e. The summed E-state index contributed by atoms with van der Waals surface area (Å²) >= 11 is 0. The highest BCUT2D eigenvalue weighted by Gasteiger charge is 2.56. The Labute approximate surface area is 203 Å². The van der Waals surface area contributed by atoms with Gasteiger partial charge in [-0.2, -0.15) is 0 Å². The van der Waals surface area contributed by atoms with Crippen LogP contribution in [0.1, 0.15) is 74.6 Å². The normalized spacial score (nSPS) is 31.1. The molecular weight excluding hydrogens is 420 g/mol. The van der Waals surface area contributed by atoms with Crippen LogP contribution in [0, 0.1) is 23.7 Å². The second-order valence-electron chi connectivity index (χ2n) is 11.4. The van der Waals surface area contributed by atoms with Gasteiger partial charge in [-0.1, -0.05) is 76.2 Å². The Morgan fingerprint density at radius 2 is 1.00 bits per heavy atom. The Morgan fingerprint density at radius 3 is 1.32 bits per heavy atom. The van der Waals surface area contributed by atoms with Crippen molar-refractivity contribution >= 4 is 11.8 Å². The van der Waals surface area contributed by atoms with Gasteiger partial charge < -0.3 is 9.47 Å². The van der Waals surface area contributed by atoms with Crippen LogP contribution in [0.15, 0.2) is 58.5 Å². The maximum absolute atomic E-state index is 6.41. The fourth-order valence-electron chi connectivity index (χ4n) is 6.84. The lowest BCUT2D eigenvalue weighted by atomic mass is 9.54. The van der Waals surface area contributed by atoms with Gasteiger partial charge in [0.15, 0.2) is 11.8 Å². The molecule has 4 heteroatoms. The van der Waals surface area contributed by atoms with Crippen molar-refractivity contribution in [1.29, 1.82) is 0 Å². The number of ether oxygens (including phenoxy) is 2. The highest BCUT2D eigenvalue weighted by molar-refractivity contribution is 5.93. The van der Waals surface area contributed by atoms with E-state index in [1.54, 1.807) is 0 Å². The maximum Gasteiger partial charge on any atom is 0.188 e. The van der Waals surface area contributed by atoms with Gasteiger partial charge in [-0.05, 0) is 46.9 Å². The summed E-state index contributed by atoms with van der Waals surface area (Å²) in [6.07, 6.45) is 2.13. The summed E-state index contributed by atoms with van der Waals surface area (Å²) in [6, 6.07) is 18.5. The van der Waals surface area contributed by atoms with Crippen molar-refractivity contribution in [3.05, 3.63) is 70.8 Å². The monoisotopic (exact) mass is 456 g/mol. The topological polar surface area (TPSA) is 43.2 Å². The molecule has 0 spiro atoms. The number of rotatable bonds is 6. The van der Waals surface area contributed by atoms with E-state index in [-0.39, 0.29) is 35.8 Å². The second kappa shape index (κ2) is 8.55. The molecule has 2 aromatic rings. The molecule has 2 bridgehead atoms. The van der Waals surface area contributed by atoms with E-state index < -0.39 is 0 Å². The van der Waals surface area contributed by atoms with Crippen molar-refractivity contribution in [3.63, 3.8) is 0 Å². The first-order chi connectivity index (χ1) is 16.5. The van der Waals surface area contributed by atoms with E-state index in [4.69, 9.17) is 19.5 Å². The van der Waals surface area contributed by atoms with Gasteiger partial charge in [0, 0.05) is 11.8 Å². The van der Waals surface area contributed by atoms with Crippen LogP contribution < -0.4 is 0 Å². The molecule has 5 aliphatic rings. The number of benzene rings is 2. The maximum atomic E-state index is 6.41. The van der Waals surface area contributed by atoms with Gasteiger partial charge in [-0.3, -0.25) is 0 Å². The first kappa shape index (κ1) is 21.9. The standard InChI is InChI=1S/C30H36N2O2/c1-17(2)13-19-15-33-29(31-19)27-25-21-9-5-7-11-23(21)26(24-12-8-6-10-22(24)25)28(27)30-32-20(16-34-30)14-18(3)4/h5-12,17-20,25-28H,13-16H2,1-4H3/t19?,20?,25?,26?,27-,28-/m0/s1. The Kier molecular flexibility index (Phi) is 5.50. The van der Waals surface area contributed by atoms with Gasteiger partial charge >= 0.3 is 0 Å². The van der Waals surface area contributed by atoms with Crippen molar-refractivity contribution in [2.24, 2.45) is 33.7 Å². The predicted octanol–water partition coefficient (Wildman–Crippen LogP) is 6.20. The van der Waals surface area contributed by atoms with E-state index in [0.717, 1.165) is 24.6 Å². The zero-order chi connectivity index (χ0) is 23.4. The first-order valence-electron chi connectivity index (χ1n) is 13.1. The highest BCUT2D eigenvalue weighted by Crippen LogP contribution is 2.59. The van der Waals surface area contributed by atoms with E-state index in [2.05, 4.69) is 76.2 Å². The number of nitrogens with zero attached hydrogens (tertiary/aromatic N) is 2. The smallest absolute Gasteiger partial charge is 0.188 e. The van der Waals surface area contributed by atoms with Crippen molar-refractivity contribution in [2.45, 2.75) is 64.5 Å². The predicted molar refractivity (Wildman–Crippen MR) is 137 cm³/mol. The van der Waals surface area contributed by atoms with Crippen molar-refractivity contribution in [1.82, 2.24) is 0 Å². The molecule has 3 aliphatic carbocycles. The molecule has 2 unspecified atom stereocenters. The molecule has 0 N–H and O–H groups in total. The first-order valence-corrected chi connectivity index (χ1v) is 13.1. The van der Waals surface area contributed by atoms with Crippen molar-refractivity contribution in [3.8, 4) is 0 Å². The molecule has 178 valence electrons. The average molecular weight is 457 g/mol. The lowest BCUT2D eigenvalue weighted by Gasteiger charge is -2.49. The molecule has 2 aromatic carbocycles. The molecule has 2 heterocycles. The van der Waals surface area contributed by atoms with Crippen LogP contribution in [0.2, 0.25) is 0 Å². The Bertz CT molecular complexity index is 999. The largest absolute Gasteiger partial charge is 0.478 e. The molecule has 34 heavy (non-hydrogen) atoms. The summed E-state index contributed by atoms with van der Waals surface area (Å²) in [5.41, 5.74) is 5.68. The molecule has 2 aliphatic heterocycles. The average Bonchev–Trinajstić information content (AvgIpc) is 3.47. The number of aliphatic imine (C=N–C) groups is 2. The third kappa shape index (κ3) is 3.57. The summed E-state index contributed by atoms with van der Waals surface area (Å²) in [6.45, 7) is 10.5. The quantitative estimate of drug-likeness (QED) is 0.520. The van der Waals surface area contributed by atoms with Crippen LogP contribution in [0.5, 0.6) is 0 Å². The van der Waals surface area contributed by atoms with Gasteiger partial charge in [0.2, 0.25) is 0 Å². The third-order valence-corrected chi connectivity index (χ3v) is 7.96. The third-order valence-electron chi connectivity index (χ3n) is 7.96. The Morgan fingerprint density at radius 1 is 0.647 bits per heavy atom. The molecule has 7 rings (SSSR count). The summed E-state index contributed by atoms with van der Waals surface area (Å²) in [4.78, 5) is 10.4. The van der Waals surface area contributed by atoms with Crippen LogP contribution in [0.25, 0.3) is 0 Å². The number of hydrogen-bond acceptors (Lipinski definition) is 4. The number of hydrogen-bond donors (Lipinski definition) is 0. The minimum absolute atomic E-state index is 0.128. The van der Waals surface area contributed by atoms with E-state index in [1.165, 1.54) is 22.3 Å². The molecule has 0 fully saturated rings. The molecule has 0 amide bonds. The van der Waals surface area contributed by atoms with E-state index in [1.807, 2.05) is 0 Å². The Balaban J connectivity index is 1.49. The zero-order valence-electron chi connectivity index (χ0n) is 20.8. The van der Waals surface area contributed by atoms with E-state index >= 15 is 0 Å². The van der Waals surface area contributed by atoms with E-state index in [9.17, 15) is 0 Å². The van der Waals surface area contributed by atoms with Crippen LogP contribution >= 0.6 is 0 Å². The summed E-state index contributed by atoms with van der Waals surface area (Å²) in [5.74, 6) is 3.75. The molecule has 4 nitrogen and oxygen atoms in total. The van der Waals surface area contributed by atoms with Gasteiger partial charge in [-0.15, -0.1) is 0 Å². The summed E-state index contributed by atoms with van der Waals surface area (Å²) in [5, 5.41) is 0. The highest BCUT2D eigenvalue weighted by atomic mass is 16.5. The molecule has 0 aromatic heterocycles. The zero-order valence-corrected chi connectivity index (χ0v) is 20.8. The van der Waals surface area contributed by atoms with Gasteiger partial charge in [0.05, 0.1) is 23.9 Å². The molecule has 0 radical (unpaired) electrons. The molecular formula is C30H36N2O2. The SMILES string of the molecule is CC(C)CC1COC([C@H]2C3c4ccccc4C(c4ccccc43)[C@@H]2C2=NC(CC(C)C)CO2)=N1. The Hall–Kier alpha value is -2.62. The van der Waals surface area contributed by atoms with Gasteiger partial charge in [0.1, 0.15) is 13.2 Å². The molecule has 0 saturated carbocycles. The van der Waals surface area contributed by atoms with E-state index in [0.29, 0.717) is 25.0 Å². The van der Waals surface area contributed by atoms with Crippen LogP contribution in [0.3, 0.4) is 0 Å². The van der Waals surface area contributed by atoms with Crippen LogP contribution in [0.4, 0.5) is 0 Å². The summed E-state index contributed by atoms with van der Waals surface area (Å²) < 4.78 is 12.8. The second-order valence-corrected chi connectivity index (χ2v) is 11.4. The lowest BCUT2D eigenvalue weighted by molar-refractivity contribution is 0.230. The van der Waals surface area contributed by atoms with Crippen LogP contribution in [-0.2, 0) is 9.47 Å². The van der Waals surface area contributed by atoms with Crippen LogP contribution in [-0.4, -0.2) is 37.1 Å². The lowest BCUT2D eigenvalue weighted by Crippen LogP contribution is -2.47. The van der Waals surface area contributed by atoms with Crippen molar-refractivity contribution < 1.29 is 9.47 Å². The summed E-state index contributed by atoms with van der Waals surface area (Å²) in [7, 11) is 0. The molecule has 0 saturated heterocycles.